The van der Waals surface area contributed by atoms with Crippen molar-refractivity contribution < 1.29 is 14.8 Å². The lowest BCUT2D eigenvalue weighted by atomic mass is 10.0. The van der Waals surface area contributed by atoms with Crippen molar-refractivity contribution in [2.75, 3.05) is 0 Å². The first-order chi connectivity index (χ1) is 11.5. The summed E-state index contributed by atoms with van der Waals surface area (Å²) in [5.74, 6) is 0.0196. The minimum atomic E-state index is -0.428. The highest BCUT2D eigenvalue weighted by molar-refractivity contribution is 7.20. The number of carbonyl (C=O) groups is 2. The first-order valence-electron chi connectivity index (χ1n) is 7.87. The van der Waals surface area contributed by atoms with Gasteiger partial charge in [-0.3, -0.25) is 14.8 Å². The van der Waals surface area contributed by atoms with Gasteiger partial charge in [0, 0.05) is 29.3 Å². The Hall–Kier alpha value is -1.64. The van der Waals surface area contributed by atoms with Crippen LogP contribution in [0.4, 0.5) is 0 Å². The zero-order chi connectivity index (χ0) is 17.5. The molecule has 0 fully saturated rings. The molecule has 24 heavy (non-hydrogen) atoms. The lowest BCUT2D eigenvalue weighted by Crippen LogP contribution is -2.17. The summed E-state index contributed by atoms with van der Waals surface area (Å²) < 4.78 is 0. The molecule has 0 unspecified atom stereocenters. The van der Waals surface area contributed by atoms with E-state index in [-0.39, 0.29) is 12.2 Å². The van der Waals surface area contributed by atoms with Crippen molar-refractivity contribution in [1.82, 2.24) is 15.4 Å². The van der Waals surface area contributed by atoms with Crippen molar-refractivity contribution >= 4 is 34.4 Å². The molecule has 0 saturated carbocycles. The fraction of sp³-hybridized carbons (Fsp3) is 0.500. The van der Waals surface area contributed by atoms with Crippen molar-refractivity contribution in [3.05, 3.63) is 22.1 Å². The molecule has 2 rings (SSSR count). The molecule has 2 aromatic rings. The molecule has 0 atom stereocenters. The second-order valence-electron chi connectivity index (χ2n) is 5.89. The predicted octanol–water partition coefficient (Wildman–Crippen LogP) is 3.71. The van der Waals surface area contributed by atoms with Crippen LogP contribution in [0.25, 0.3) is 10.0 Å². The van der Waals surface area contributed by atoms with Crippen molar-refractivity contribution in [2.24, 2.45) is 5.92 Å². The van der Waals surface area contributed by atoms with Gasteiger partial charge in [0.25, 0.3) is 0 Å². The molecular weight excluding hydrogens is 346 g/mol. The van der Waals surface area contributed by atoms with Crippen molar-refractivity contribution in [3.63, 3.8) is 0 Å². The summed E-state index contributed by atoms with van der Waals surface area (Å²) in [6.07, 6.45) is 4.27. The third-order valence-electron chi connectivity index (χ3n) is 3.35. The zero-order valence-electron chi connectivity index (χ0n) is 13.7. The van der Waals surface area contributed by atoms with Gasteiger partial charge in [-0.25, -0.2) is 15.4 Å². The maximum Gasteiger partial charge on any atom is 0.243 e. The Bertz CT molecular complexity index is 681. The number of nitrogens with zero attached hydrogens (tertiary/aromatic N) is 2. The van der Waals surface area contributed by atoms with Crippen molar-refractivity contribution in [2.45, 2.75) is 46.0 Å². The molecule has 0 radical (unpaired) electrons. The second kappa shape index (κ2) is 9.00. The summed E-state index contributed by atoms with van der Waals surface area (Å²) in [4.78, 5) is 33.3. The molecular formula is C16H21N3O3S2. The number of ketones is 1. The smallest absolute Gasteiger partial charge is 0.243 e. The molecule has 0 aliphatic carbocycles. The first-order valence-corrected chi connectivity index (χ1v) is 9.56. The van der Waals surface area contributed by atoms with Gasteiger partial charge in [0.1, 0.15) is 5.69 Å². The van der Waals surface area contributed by atoms with Crippen LogP contribution in [0.1, 0.15) is 54.9 Å². The number of Topliss-reactive ketones (excluding diaryl/α,β-unsaturated/α-hetero) is 1. The van der Waals surface area contributed by atoms with E-state index in [0.717, 1.165) is 21.3 Å². The average molecular weight is 367 g/mol. The monoisotopic (exact) mass is 367 g/mol. The molecule has 0 aliphatic heterocycles. The molecule has 0 aromatic carbocycles. The Kier molecular flexibility index (Phi) is 7.01. The summed E-state index contributed by atoms with van der Waals surface area (Å²) >= 11 is 3.05. The Balaban J connectivity index is 2.06. The Morgan fingerprint density at radius 2 is 2.00 bits per heavy atom. The summed E-state index contributed by atoms with van der Waals surface area (Å²) in [6.45, 7) is 4.23. The SMILES string of the molecule is CC(C)Cc1sc(-c2nccs2)nc1C(=O)CCCCC(=O)NO. The molecule has 6 nitrogen and oxygen atoms in total. The molecule has 1 amide bonds. The second-order valence-corrected chi connectivity index (χ2v) is 7.87. The lowest BCUT2D eigenvalue weighted by Gasteiger charge is -2.04. The number of hydrogen-bond acceptors (Lipinski definition) is 7. The molecule has 2 N–H and O–H groups in total. The number of hydroxylamine groups is 1. The minimum absolute atomic E-state index is 0.00844. The number of unbranched alkanes of at least 4 members (excludes halogenated alkanes) is 1. The van der Waals surface area contributed by atoms with Crippen LogP contribution in [0.3, 0.4) is 0 Å². The van der Waals surface area contributed by atoms with Crippen molar-refractivity contribution in [1.29, 1.82) is 0 Å². The zero-order valence-corrected chi connectivity index (χ0v) is 15.4. The Labute approximate surface area is 148 Å². The molecule has 0 bridgehead atoms. The lowest BCUT2D eigenvalue weighted by molar-refractivity contribution is -0.129. The number of hydrogen-bond donors (Lipinski definition) is 2. The highest BCUT2D eigenvalue weighted by Gasteiger charge is 2.20. The predicted molar refractivity (Wildman–Crippen MR) is 94.5 cm³/mol. The van der Waals surface area contributed by atoms with Gasteiger partial charge < -0.3 is 0 Å². The average Bonchev–Trinajstić information content (AvgIpc) is 3.19. The summed E-state index contributed by atoms with van der Waals surface area (Å²) in [5, 5.41) is 12.0. The maximum atomic E-state index is 12.5. The fourth-order valence-corrected chi connectivity index (χ4v) is 4.22. The number of carbonyl (C=O) groups excluding carboxylic acids is 2. The van der Waals surface area contributed by atoms with E-state index in [1.165, 1.54) is 11.3 Å². The highest BCUT2D eigenvalue weighted by atomic mass is 32.1. The molecule has 0 aliphatic rings. The molecule has 8 heteroatoms. The van der Waals surface area contributed by atoms with Crippen molar-refractivity contribution in [3.8, 4) is 10.0 Å². The van der Waals surface area contributed by atoms with Crippen LogP contribution in [0.5, 0.6) is 0 Å². The summed E-state index contributed by atoms with van der Waals surface area (Å²) in [6, 6.07) is 0. The summed E-state index contributed by atoms with van der Waals surface area (Å²) in [5.41, 5.74) is 2.14. The van der Waals surface area contributed by atoms with Crippen LogP contribution in [0.15, 0.2) is 11.6 Å². The first kappa shape index (κ1) is 18.7. The number of aromatic nitrogens is 2. The largest absolute Gasteiger partial charge is 0.292 e. The molecule has 2 heterocycles. The maximum absolute atomic E-state index is 12.5. The highest BCUT2D eigenvalue weighted by Crippen LogP contribution is 2.31. The van der Waals surface area contributed by atoms with Gasteiger partial charge in [0.15, 0.2) is 15.8 Å². The van der Waals surface area contributed by atoms with E-state index < -0.39 is 5.91 Å². The van der Waals surface area contributed by atoms with E-state index in [0.29, 0.717) is 30.9 Å². The summed E-state index contributed by atoms with van der Waals surface area (Å²) in [7, 11) is 0. The number of amides is 1. The van der Waals surface area contributed by atoms with E-state index in [2.05, 4.69) is 23.8 Å². The van der Waals surface area contributed by atoms with Crippen LogP contribution in [-0.4, -0.2) is 26.9 Å². The van der Waals surface area contributed by atoms with Gasteiger partial charge >= 0.3 is 0 Å². The van der Waals surface area contributed by atoms with Gasteiger partial charge in [-0.2, -0.15) is 0 Å². The third-order valence-corrected chi connectivity index (χ3v) is 5.35. The molecule has 2 aromatic heterocycles. The van der Waals surface area contributed by atoms with E-state index in [1.807, 2.05) is 5.38 Å². The van der Waals surface area contributed by atoms with Gasteiger partial charge in [0.05, 0.1) is 0 Å². The van der Waals surface area contributed by atoms with Gasteiger partial charge in [-0.05, 0) is 25.2 Å². The molecule has 130 valence electrons. The quantitative estimate of drug-likeness (QED) is 0.305. The molecule has 0 saturated heterocycles. The number of rotatable bonds is 9. The Morgan fingerprint density at radius 3 is 2.62 bits per heavy atom. The van der Waals surface area contributed by atoms with Gasteiger partial charge in [-0.1, -0.05) is 13.8 Å². The standard InChI is InChI=1S/C16H21N3O3S2/c1-10(2)9-12-14(11(20)5-3-4-6-13(21)19-22)18-16(24-12)15-17-7-8-23-15/h7-8,10,22H,3-6,9H2,1-2H3,(H,19,21). The third kappa shape index (κ3) is 5.19. The van der Waals surface area contributed by atoms with E-state index in [4.69, 9.17) is 5.21 Å². The van der Waals surface area contributed by atoms with Crippen LogP contribution >= 0.6 is 22.7 Å². The Morgan fingerprint density at radius 1 is 1.25 bits per heavy atom. The molecule has 0 spiro atoms. The van der Waals surface area contributed by atoms with Crippen LogP contribution in [0.2, 0.25) is 0 Å². The fourth-order valence-electron chi connectivity index (χ4n) is 2.24. The topological polar surface area (TPSA) is 92.2 Å². The number of thiazole rings is 2. The van der Waals surface area contributed by atoms with Crippen LogP contribution in [-0.2, 0) is 11.2 Å². The van der Waals surface area contributed by atoms with Crippen LogP contribution < -0.4 is 5.48 Å². The van der Waals surface area contributed by atoms with E-state index >= 15 is 0 Å². The van der Waals surface area contributed by atoms with Gasteiger partial charge in [-0.15, -0.1) is 22.7 Å². The van der Waals surface area contributed by atoms with E-state index in [1.54, 1.807) is 23.0 Å². The number of nitrogens with one attached hydrogen (secondary N) is 1. The normalized spacial score (nSPS) is 11.0. The van der Waals surface area contributed by atoms with E-state index in [9.17, 15) is 9.59 Å². The minimum Gasteiger partial charge on any atom is -0.292 e. The van der Waals surface area contributed by atoms with Gasteiger partial charge in [0.2, 0.25) is 5.91 Å². The van der Waals surface area contributed by atoms with Crippen LogP contribution in [0, 0.1) is 5.92 Å².